The Labute approximate surface area is 70.4 Å². The van der Waals surface area contributed by atoms with Crippen molar-refractivity contribution in [1.29, 1.82) is 0 Å². The van der Waals surface area contributed by atoms with Crippen molar-refractivity contribution in [1.82, 2.24) is 9.78 Å². The van der Waals surface area contributed by atoms with E-state index >= 15 is 0 Å². The molecule has 0 aliphatic rings. The number of hydrogen-bond donors (Lipinski definition) is 1. The van der Waals surface area contributed by atoms with Crippen LogP contribution in [0.15, 0.2) is 17.3 Å². The molecule has 0 fully saturated rings. The molecule has 0 saturated heterocycles. The minimum absolute atomic E-state index is 0.208. The molecule has 1 atom stereocenters. The monoisotopic (exact) mass is 172 g/mol. The van der Waals surface area contributed by atoms with Crippen molar-refractivity contribution in [3.8, 4) is 0 Å². The third kappa shape index (κ3) is 2.55. The van der Waals surface area contributed by atoms with Crippen LogP contribution in [-0.2, 0) is 7.05 Å². The Morgan fingerprint density at radius 2 is 2.55 bits per heavy atom. The Bertz CT molecular complexity index is 224. The lowest BCUT2D eigenvalue weighted by Crippen LogP contribution is -2.00. The predicted octanol–water partition coefficient (Wildman–Crippen LogP) is 0.893. The Morgan fingerprint density at radius 3 is 3.00 bits per heavy atom. The average Bonchev–Trinajstić information content (AvgIpc) is 2.35. The Balaban J connectivity index is 2.50. The molecule has 0 radical (unpaired) electrons. The number of rotatable bonds is 3. The normalized spacial score (nSPS) is 13.4. The molecular formula is C7H12N2OS. The van der Waals surface area contributed by atoms with Crippen LogP contribution < -0.4 is 0 Å². The van der Waals surface area contributed by atoms with Crippen molar-refractivity contribution >= 4 is 11.8 Å². The van der Waals surface area contributed by atoms with E-state index in [1.807, 2.05) is 20.2 Å². The molecule has 1 aromatic heterocycles. The van der Waals surface area contributed by atoms with E-state index < -0.39 is 0 Å². The molecule has 3 nitrogen and oxygen atoms in total. The van der Waals surface area contributed by atoms with E-state index in [-0.39, 0.29) is 11.9 Å². The van der Waals surface area contributed by atoms with Gasteiger partial charge in [0.2, 0.25) is 0 Å². The molecule has 0 saturated carbocycles. The van der Waals surface area contributed by atoms with E-state index in [0.717, 1.165) is 4.90 Å². The maximum absolute atomic E-state index is 8.75. The largest absolute Gasteiger partial charge is 0.395 e. The summed E-state index contributed by atoms with van der Waals surface area (Å²) in [4.78, 5) is 1.11. The van der Waals surface area contributed by atoms with Crippen LogP contribution in [0.25, 0.3) is 0 Å². The zero-order chi connectivity index (χ0) is 8.27. The van der Waals surface area contributed by atoms with Crippen molar-refractivity contribution in [2.75, 3.05) is 6.61 Å². The molecule has 0 aliphatic carbocycles. The van der Waals surface area contributed by atoms with Gasteiger partial charge in [-0.2, -0.15) is 5.10 Å². The topological polar surface area (TPSA) is 38.1 Å². The average molecular weight is 172 g/mol. The Morgan fingerprint density at radius 1 is 1.82 bits per heavy atom. The molecule has 1 heterocycles. The van der Waals surface area contributed by atoms with E-state index in [1.54, 1.807) is 22.6 Å². The molecule has 0 amide bonds. The van der Waals surface area contributed by atoms with Crippen LogP contribution in [-0.4, -0.2) is 26.7 Å². The van der Waals surface area contributed by atoms with Crippen LogP contribution in [0.5, 0.6) is 0 Å². The minimum atomic E-state index is 0.208. The van der Waals surface area contributed by atoms with Crippen LogP contribution in [0.1, 0.15) is 6.92 Å². The van der Waals surface area contributed by atoms with E-state index in [0.29, 0.717) is 0 Å². The van der Waals surface area contributed by atoms with Crippen LogP contribution in [0, 0.1) is 0 Å². The lowest BCUT2D eigenvalue weighted by Gasteiger charge is -2.03. The maximum atomic E-state index is 8.75. The number of thioether (sulfide) groups is 1. The van der Waals surface area contributed by atoms with Gasteiger partial charge in [-0.05, 0) is 0 Å². The molecule has 4 heteroatoms. The molecule has 11 heavy (non-hydrogen) atoms. The highest BCUT2D eigenvalue weighted by atomic mass is 32.2. The number of hydrogen-bond acceptors (Lipinski definition) is 3. The highest BCUT2D eigenvalue weighted by Gasteiger charge is 2.03. The molecule has 0 bridgehead atoms. The molecule has 1 unspecified atom stereocenters. The zero-order valence-corrected chi connectivity index (χ0v) is 7.51. The van der Waals surface area contributed by atoms with Gasteiger partial charge in [0, 0.05) is 23.4 Å². The van der Waals surface area contributed by atoms with Gasteiger partial charge >= 0.3 is 0 Å². The smallest absolute Gasteiger partial charge is 0.0625 e. The lowest BCUT2D eigenvalue weighted by atomic mass is 10.5. The van der Waals surface area contributed by atoms with Gasteiger partial charge in [-0.3, -0.25) is 4.68 Å². The van der Waals surface area contributed by atoms with Crippen molar-refractivity contribution in [3.05, 3.63) is 12.4 Å². The van der Waals surface area contributed by atoms with E-state index in [2.05, 4.69) is 5.10 Å². The van der Waals surface area contributed by atoms with Crippen LogP contribution in [0.4, 0.5) is 0 Å². The van der Waals surface area contributed by atoms with Gasteiger partial charge in [-0.15, -0.1) is 11.8 Å². The van der Waals surface area contributed by atoms with Crippen LogP contribution in [0.3, 0.4) is 0 Å². The fourth-order valence-corrected chi connectivity index (χ4v) is 1.59. The van der Waals surface area contributed by atoms with Gasteiger partial charge in [0.15, 0.2) is 0 Å². The summed E-state index contributed by atoms with van der Waals surface area (Å²) in [6.45, 7) is 2.19. The summed E-state index contributed by atoms with van der Waals surface area (Å²) in [5, 5.41) is 13.0. The van der Waals surface area contributed by atoms with Crippen molar-refractivity contribution in [2.45, 2.75) is 17.1 Å². The molecule has 1 N–H and O–H groups in total. The SMILES string of the molecule is CC(CO)Sc1cnn(C)c1. The molecule has 1 rings (SSSR count). The molecule has 0 aliphatic heterocycles. The van der Waals surface area contributed by atoms with E-state index in [4.69, 9.17) is 5.11 Å². The first kappa shape index (κ1) is 8.62. The zero-order valence-electron chi connectivity index (χ0n) is 6.69. The maximum Gasteiger partial charge on any atom is 0.0625 e. The molecule has 62 valence electrons. The summed E-state index contributed by atoms with van der Waals surface area (Å²) in [6.07, 6.45) is 3.74. The highest BCUT2D eigenvalue weighted by molar-refractivity contribution is 8.00. The first-order valence-corrected chi connectivity index (χ1v) is 4.36. The summed E-state index contributed by atoms with van der Waals surface area (Å²) in [5.74, 6) is 0. The fraction of sp³-hybridized carbons (Fsp3) is 0.571. The molecular weight excluding hydrogens is 160 g/mol. The van der Waals surface area contributed by atoms with Crippen molar-refractivity contribution in [2.24, 2.45) is 7.05 Å². The first-order chi connectivity index (χ1) is 5.22. The first-order valence-electron chi connectivity index (χ1n) is 3.48. The van der Waals surface area contributed by atoms with Gasteiger partial charge in [0.05, 0.1) is 12.8 Å². The highest BCUT2D eigenvalue weighted by Crippen LogP contribution is 2.21. The second kappa shape index (κ2) is 3.78. The summed E-state index contributed by atoms with van der Waals surface area (Å²) in [6, 6.07) is 0. The van der Waals surface area contributed by atoms with Crippen LogP contribution >= 0.6 is 11.8 Å². The summed E-state index contributed by atoms with van der Waals surface area (Å²) in [5.41, 5.74) is 0. The second-order valence-electron chi connectivity index (χ2n) is 2.46. The summed E-state index contributed by atoms with van der Waals surface area (Å²) >= 11 is 1.63. The third-order valence-corrected chi connectivity index (χ3v) is 2.31. The van der Waals surface area contributed by atoms with Crippen molar-refractivity contribution < 1.29 is 5.11 Å². The summed E-state index contributed by atoms with van der Waals surface area (Å²) in [7, 11) is 1.88. The predicted molar refractivity (Wildman–Crippen MR) is 45.6 cm³/mol. The standard InChI is InChI=1S/C7H12N2OS/c1-6(5-10)11-7-3-8-9(2)4-7/h3-4,6,10H,5H2,1-2H3. The Kier molecular flexibility index (Phi) is 2.96. The summed E-state index contributed by atoms with van der Waals surface area (Å²) < 4.78 is 1.76. The van der Waals surface area contributed by atoms with Crippen molar-refractivity contribution in [3.63, 3.8) is 0 Å². The molecule has 1 aromatic rings. The quantitative estimate of drug-likeness (QED) is 0.688. The van der Waals surface area contributed by atoms with Crippen LogP contribution in [0.2, 0.25) is 0 Å². The number of nitrogens with zero attached hydrogens (tertiary/aromatic N) is 2. The van der Waals surface area contributed by atoms with Gasteiger partial charge < -0.3 is 5.11 Å². The van der Waals surface area contributed by atoms with Gasteiger partial charge in [0.1, 0.15) is 0 Å². The van der Waals surface area contributed by atoms with Gasteiger partial charge in [-0.25, -0.2) is 0 Å². The Hall–Kier alpha value is -0.480. The molecule has 0 aromatic carbocycles. The number of aliphatic hydroxyl groups is 1. The van der Waals surface area contributed by atoms with E-state index in [9.17, 15) is 0 Å². The van der Waals surface area contributed by atoms with E-state index in [1.165, 1.54) is 0 Å². The second-order valence-corrected chi connectivity index (χ2v) is 3.97. The lowest BCUT2D eigenvalue weighted by molar-refractivity contribution is 0.300. The number of aliphatic hydroxyl groups excluding tert-OH is 1. The minimum Gasteiger partial charge on any atom is -0.395 e. The molecule has 0 spiro atoms. The van der Waals surface area contributed by atoms with Gasteiger partial charge in [-0.1, -0.05) is 6.92 Å². The van der Waals surface area contributed by atoms with Gasteiger partial charge in [0.25, 0.3) is 0 Å². The third-order valence-electron chi connectivity index (χ3n) is 1.28. The number of aryl methyl sites for hydroxylation is 1. The fourth-order valence-electron chi connectivity index (χ4n) is 0.729. The number of aromatic nitrogens is 2.